The summed E-state index contributed by atoms with van der Waals surface area (Å²) in [6.45, 7) is 0.930. The van der Waals surface area contributed by atoms with E-state index in [4.69, 9.17) is 10.00 Å². The van der Waals surface area contributed by atoms with Crippen LogP contribution in [-0.2, 0) is 14.8 Å². The van der Waals surface area contributed by atoms with Crippen LogP contribution >= 0.6 is 0 Å². The number of nitriles is 1. The number of ether oxygens (including phenoxy) is 1. The second-order valence-corrected chi connectivity index (χ2v) is 8.39. The van der Waals surface area contributed by atoms with Gasteiger partial charge >= 0.3 is 5.97 Å². The van der Waals surface area contributed by atoms with Crippen LogP contribution < -0.4 is 5.32 Å². The van der Waals surface area contributed by atoms with Crippen LogP contribution in [0.1, 0.15) is 39.1 Å². The van der Waals surface area contributed by atoms with Gasteiger partial charge in [0.25, 0.3) is 5.91 Å². The Labute approximate surface area is 168 Å². The predicted octanol–water partition coefficient (Wildman–Crippen LogP) is 2.38. The monoisotopic (exact) mass is 413 g/mol. The summed E-state index contributed by atoms with van der Waals surface area (Å²) >= 11 is 0. The third-order valence-corrected chi connectivity index (χ3v) is 6.50. The van der Waals surface area contributed by atoms with E-state index in [1.54, 1.807) is 0 Å². The van der Waals surface area contributed by atoms with Crippen molar-refractivity contribution in [2.75, 3.05) is 25.5 Å². The van der Waals surface area contributed by atoms with Gasteiger partial charge < -0.3 is 10.1 Å². The summed E-state index contributed by atoms with van der Waals surface area (Å²) in [4.78, 5) is 24.7. The van der Waals surface area contributed by atoms with Crippen molar-refractivity contribution in [3.63, 3.8) is 0 Å². The first-order chi connectivity index (χ1) is 13.9. The molecule has 1 aliphatic rings. The molecule has 2 aromatic rings. The molecule has 150 valence electrons. The van der Waals surface area contributed by atoms with Gasteiger partial charge in [-0.1, -0.05) is 6.07 Å². The molecule has 0 spiro atoms. The number of anilines is 1. The van der Waals surface area contributed by atoms with Gasteiger partial charge in [-0.05, 0) is 49.2 Å². The highest BCUT2D eigenvalue weighted by Gasteiger charge is 2.27. The zero-order chi connectivity index (χ0) is 21.0. The van der Waals surface area contributed by atoms with Gasteiger partial charge in [0.1, 0.15) is 0 Å². The van der Waals surface area contributed by atoms with E-state index in [1.807, 2.05) is 6.07 Å². The van der Waals surface area contributed by atoms with Crippen LogP contribution in [0.15, 0.2) is 47.4 Å². The quantitative estimate of drug-likeness (QED) is 0.752. The first-order valence-electron chi connectivity index (χ1n) is 8.91. The van der Waals surface area contributed by atoms with Crippen LogP contribution in [0, 0.1) is 11.3 Å². The second kappa shape index (κ2) is 8.43. The lowest BCUT2D eigenvalue weighted by Crippen LogP contribution is -2.28. The number of nitrogens with one attached hydrogen (secondary N) is 1. The molecule has 1 saturated heterocycles. The molecule has 1 heterocycles. The second-order valence-electron chi connectivity index (χ2n) is 6.46. The fourth-order valence-corrected chi connectivity index (χ4v) is 4.63. The van der Waals surface area contributed by atoms with E-state index < -0.39 is 21.9 Å². The number of benzene rings is 2. The molecule has 0 saturated carbocycles. The highest BCUT2D eigenvalue weighted by Crippen LogP contribution is 2.23. The minimum Gasteiger partial charge on any atom is -0.465 e. The van der Waals surface area contributed by atoms with E-state index >= 15 is 0 Å². The molecule has 0 radical (unpaired) electrons. The van der Waals surface area contributed by atoms with E-state index in [1.165, 1.54) is 53.9 Å². The van der Waals surface area contributed by atoms with Crippen LogP contribution in [0.5, 0.6) is 0 Å². The Balaban J connectivity index is 1.89. The van der Waals surface area contributed by atoms with Crippen LogP contribution in [0.4, 0.5) is 5.69 Å². The molecule has 1 amide bonds. The van der Waals surface area contributed by atoms with Crippen LogP contribution in [0.25, 0.3) is 0 Å². The SMILES string of the molecule is COC(=O)c1cc(C#N)ccc1NC(=O)c1cccc(S(=O)(=O)N2CCCC2)c1. The van der Waals surface area contributed by atoms with Crippen molar-refractivity contribution in [1.29, 1.82) is 5.26 Å². The molecule has 1 N–H and O–H groups in total. The Morgan fingerprint density at radius 2 is 1.86 bits per heavy atom. The van der Waals surface area contributed by atoms with Crippen molar-refractivity contribution in [3.05, 3.63) is 59.2 Å². The number of carbonyl (C=O) groups is 2. The highest BCUT2D eigenvalue weighted by molar-refractivity contribution is 7.89. The van der Waals surface area contributed by atoms with E-state index in [0.717, 1.165) is 12.8 Å². The van der Waals surface area contributed by atoms with Gasteiger partial charge in [-0.15, -0.1) is 0 Å². The van der Waals surface area contributed by atoms with Crippen LogP contribution in [0.2, 0.25) is 0 Å². The predicted molar refractivity (Wildman–Crippen MR) is 105 cm³/mol. The smallest absolute Gasteiger partial charge is 0.340 e. The Morgan fingerprint density at radius 3 is 2.52 bits per heavy atom. The van der Waals surface area contributed by atoms with E-state index in [0.29, 0.717) is 13.1 Å². The standard InChI is InChI=1S/C20H19N3O5S/c1-28-20(25)17-11-14(13-21)7-8-18(17)22-19(24)15-5-4-6-16(12-15)29(26,27)23-9-2-3-10-23/h4-8,11-12H,2-3,9-10H2,1H3,(H,22,24). The Morgan fingerprint density at radius 1 is 1.14 bits per heavy atom. The fourth-order valence-electron chi connectivity index (χ4n) is 3.07. The number of hydrogen-bond acceptors (Lipinski definition) is 6. The zero-order valence-electron chi connectivity index (χ0n) is 15.7. The van der Waals surface area contributed by atoms with Gasteiger partial charge in [-0.3, -0.25) is 4.79 Å². The average molecular weight is 413 g/mol. The summed E-state index contributed by atoms with van der Waals surface area (Å²) in [5, 5.41) is 11.6. The fraction of sp³-hybridized carbons (Fsp3) is 0.250. The van der Waals surface area contributed by atoms with Gasteiger partial charge in [-0.25, -0.2) is 13.2 Å². The van der Waals surface area contributed by atoms with Gasteiger partial charge in [0, 0.05) is 18.7 Å². The normalized spacial score (nSPS) is 14.2. The van der Waals surface area contributed by atoms with Gasteiger partial charge in [-0.2, -0.15) is 9.57 Å². The molecule has 2 aromatic carbocycles. The van der Waals surface area contributed by atoms with Crippen molar-refractivity contribution in [3.8, 4) is 6.07 Å². The number of esters is 1. The number of rotatable bonds is 5. The molecule has 29 heavy (non-hydrogen) atoms. The number of carbonyl (C=O) groups excluding carboxylic acids is 2. The largest absolute Gasteiger partial charge is 0.465 e. The summed E-state index contributed by atoms with van der Waals surface area (Å²) < 4.78 is 31.5. The number of nitrogens with zero attached hydrogens (tertiary/aromatic N) is 2. The molecule has 0 unspecified atom stereocenters. The molecule has 0 aromatic heterocycles. The first-order valence-corrected chi connectivity index (χ1v) is 10.3. The molecule has 0 atom stereocenters. The van der Waals surface area contributed by atoms with Crippen molar-refractivity contribution in [2.45, 2.75) is 17.7 Å². The molecule has 1 fully saturated rings. The Hall–Kier alpha value is -3.22. The third kappa shape index (κ3) is 4.29. The van der Waals surface area contributed by atoms with E-state index in [9.17, 15) is 18.0 Å². The summed E-state index contributed by atoms with van der Waals surface area (Å²) in [5.74, 6) is -1.29. The molecule has 0 aliphatic carbocycles. The summed E-state index contributed by atoms with van der Waals surface area (Å²) in [6, 6.07) is 11.9. The molecule has 8 nitrogen and oxygen atoms in total. The lowest BCUT2D eigenvalue weighted by molar-refractivity contribution is 0.0602. The summed E-state index contributed by atoms with van der Waals surface area (Å²) in [6.07, 6.45) is 1.63. The van der Waals surface area contributed by atoms with Gasteiger partial charge in [0.15, 0.2) is 0 Å². The summed E-state index contributed by atoms with van der Waals surface area (Å²) in [5.41, 5.74) is 0.557. The Bertz CT molecular complexity index is 1100. The maximum absolute atomic E-state index is 12.7. The zero-order valence-corrected chi connectivity index (χ0v) is 16.5. The van der Waals surface area contributed by atoms with Crippen molar-refractivity contribution >= 4 is 27.6 Å². The minimum absolute atomic E-state index is 0.0285. The molecule has 3 rings (SSSR count). The third-order valence-electron chi connectivity index (χ3n) is 4.60. The lowest BCUT2D eigenvalue weighted by Gasteiger charge is -2.16. The molecular weight excluding hydrogens is 394 g/mol. The molecule has 1 aliphatic heterocycles. The van der Waals surface area contributed by atoms with Crippen molar-refractivity contribution < 1.29 is 22.7 Å². The molecule has 0 bridgehead atoms. The van der Waals surface area contributed by atoms with Crippen molar-refractivity contribution in [1.82, 2.24) is 4.31 Å². The molecular formula is C20H19N3O5S. The minimum atomic E-state index is -3.66. The summed E-state index contributed by atoms with van der Waals surface area (Å²) in [7, 11) is -2.46. The number of sulfonamides is 1. The van der Waals surface area contributed by atoms with Gasteiger partial charge in [0.2, 0.25) is 10.0 Å². The average Bonchev–Trinajstić information content (AvgIpc) is 3.29. The topological polar surface area (TPSA) is 117 Å². The van der Waals surface area contributed by atoms with Crippen LogP contribution in [0.3, 0.4) is 0 Å². The first kappa shape index (κ1) is 20.5. The van der Waals surface area contributed by atoms with Crippen LogP contribution in [-0.4, -0.2) is 44.8 Å². The highest BCUT2D eigenvalue weighted by atomic mass is 32.2. The number of amides is 1. The van der Waals surface area contributed by atoms with E-state index in [2.05, 4.69) is 5.32 Å². The van der Waals surface area contributed by atoms with Crippen molar-refractivity contribution in [2.24, 2.45) is 0 Å². The maximum atomic E-state index is 12.7. The molecule has 9 heteroatoms. The van der Waals surface area contributed by atoms with E-state index in [-0.39, 0.29) is 27.3 Å². The number of methoxy groups -OCH3 is 1. The lowest BCUT2D eigenvalue weighted by atomic mass is 10.1. The Kier molecular flexibility index (Phi) is 5.96. The maximum Gasteiger partial charge on any atom is 0.340 e. The number of hydrogen-bond donors (Lipinski definition) is 1. The van der Waals surface area contributed by atoms with Gasteiger partial charge in [0.05, 0.1) is 34.9 Å².